The fraction of sp³-hybridized carbons (Fsp3) is 0.344. The fourth-order valence-corrected chi connectivity index (χ4v) is 5.80. The number of fused-ring (bicyclic) bond motifs is 2. The maximum Gasteiger partial charge on any atom is 0.413 e. The van der Waals surface area contributed by atoms with Crippen LogP contribution in [0.2, 0.25) is 5.02 Å². The molecule has 9 nitrogen and oxygen atoms in total. The SMILES string of the molecule is Cn1ccc2c(C(Nc3cc(Cl)c4ncc(C#N)c(NCC(C)(C)C(F)(F)F)c4c3)c3cn(C4(C(F)(F)F)CC4)nn3)cccc2c1=O. The van der Waals surface area contributed by atoms with Crippen LogP contribution in [0.5, 0.6) is 0 Å². The fourth-order valence-electron chi connectivity index (χ4n) is 5.54. The second-order valence-corrected chi connectivity index (χ2v) is 12.9. The van der Waals surface area contributed by atoms with E-state index in [2.05, 4.69) is 25.9 Å². The molecular weight excluding hydrogens is 662 g/mol. The third-order valence-corrected chi connectivity index (χ3v) is 9.08. The molecular formula is C32H27ClF6N8O. The van der Waals surface area contributed by atoms with Gasteiger partial charge in [0.05, 0.1) is 39.4 Å². The standard InChI is InChI=1S/C32H27ClF6N8O/c1-29(2,31(34,35)36)16-42-25-17(13-40)14-41-26-22(25)11-18(12-23(26)33)43-27(20-5-4-6-21-19(20)7-10-46(3)28(21)48)24-15-47(45-44-24)30(8-9-30)32(37,38)39/h4-7,10-12,14-15,27,43H,8-9,16H2,1-3H3,(H,41,42). The van der Waals surface area contributed by atoms with E-state index in [1.165, 1.54) is 29.1 Å². The van der Waals surface area contributed by atoms with Gasteiger partial charge in [-0.05, 0) is 61.9 Å². The molecule has 0 amide bonds. The third-order valence-electron chi connectivity index (χ3n) is 8.79. The van der Waals surface area contributed by atoms with Crippen molar-refractivity contribution in [3.05, 3.63) is 87.2 Å². The van der Waals surface area contributed by atoms with Crippen LogP contribution in [0.25, 0.3) is 21.7 Å². The first-order valence-electron chi connectivity index (χ1n) is 14.6. The molecule has 3 heterocycles. The van der Waals surface area contributed by atoms with Gasteiger partial charge in [0, 0.05) is 42.4 Å². The summed E-state index contributed by atoms with van der Waals surface area (Å²) in [6, 6.07) is 10.6. The number of benzene rings is 2. The lowest BCUT2D eigenvalue weighted by molar-refractivity contribution is -0.206. The van der Waals surface area contributed by atoms with E-state index in [1.807, 2.05) is 6.07 Å². The van der Waals surface area contributed by atoms with Crippen molar-refractivity contribution < 1.29 is 26.3 Å². The summed E-state index contributed by atoms with van der Waals surface area (Å²) < 4.78 is 85.2. The Kier molecular flexibility index (Phi) is 7.85. The molecule has 0 radical (unpaired) electrons. The Labute approximate surface area is 274 Å². The van der Waals surface area contributed by atoms with Crippen molar-refractivity contribution in [2.75, 3.05) is 17.2 Å². The monoisotopic (exact) mass is 688 g/mol. The first-order valence-corrected chi connectivity index (χ1v) is 15.0. The van der Waals surface area contributed by atoms with Gasteiger partial charge in [-0.25, -0.2) is 4.68 Å². The van der Waals surface area contributed by atoms with Gasteiger partial charge >= 0.3 is 12.4 Å². The number of nitrogens with one attached hydrogen (secondary N) is 2. The van der Waals surface area contributed by atoms with Gasteiger partial charge in [-0.3, -0.25) is 9.78 Å². The Morgan fingerprint density at radius 3 is 2.46 bits per heavy atom. The Bertz CT molecular complexity index is 2160. The Hall–Kier alpha value is -4.84. The van der Waals surface area contributed by atoms with Crippen molar-refractivity contribution in [3.8, 4) is 6.07 Å². The lowest BCUT2D eigenvalue weighted by Gasteiger charge is -2.28. The summed E-state index contributed by atoms with van der Waals surface area (Å²) in [5.74, 6) is 0. The number of pyridine rings is 2. The molecule has 1 unspecified atom stereocenters. The average molecular weight is 689 g/mol. The van der Waals surface area contributed by atoms with Crippen molar-refractivity contribution in [1.29, 1.82) is 5.26 Å². The first kappa shape index (κ1) is 33.1. The van der Waals surface area contributed by atoms with Gasteiger partial charge < -0.3 is 15.2 Å². The molecule has 250 valence electrons. The number of hydrogen-bond acceptors (Lipinski definition) is 7. The smallest absolute Gasteiger partial charge is 0.382 e. The zero-order valence-corrected chi connectivity index (χ0v) is 26.4. The van der Waals surface area contributed by atoms with E-state index in [0.29, 0.717) is 16.3 Å². The molecule has 1 atom stereocenters. The zero-order valence-electron chi connectivity index (χ0n) is 25.6. The quantitative estimate of drug-likeness (QED) is 0.163. The second kappa shape index (κ2) is 11.4. The molecule has 48 heavy (non-hydrogen) atoms. The minimum absolute atomic E-state index is 0.0278. The van der Waals surface area contributed by atoms with Crippen LogP contribution in [0.3, 0.4) is 0 Å². The minimum atomic E-state index is -4.56. The summed E-state index contributed by atoms with van der Waals surface area (Å²) in [5, 5.41) is 24.9. The van der Waals surface area contributed by atoms with Gasteiger partial charge in [0.25, 0.3) is 5.56 Å². The lowest BCUT2D eigenvalue weighted by atomic mass is 9.92. The van der Waals surface area contributed by atoms with E-state index >= 15 is 0 Å². The van der Waals surface area contributed by atoms with Crippen LogP contribution in [0, 0.1) is 16.7 Å². The highest BCUT2D eigenvalue weighted by atomic mass is 35.5. The van der Waals surface area contributed by atoms with Crippen LogP contribution < -0.4 is 16.2 Å². The summed E-state index contributed by atoms with van der Waals surface area (Å²) in [6.45, 7) is 1.47. The molecule has 1 saturated carbocycles. The van der Waals surface area contributed by atoms with Crippen molar-refractivity contribution in [3.63, 3.8) is 0 Å². The third kappa shape index (κ3) is 5.57. The first-order chi connectivity index (χ1) is 22.5. The van der Waals surface area contributed by atoms with Gasteiger partial charge in [0.15, 0.2) is 5.54 Å². The number of halogens is 7. The Morgan fingerprint density at radius 2 is 1.81 bits per heavy atom. The van der Waals surface area contributed by atoms with E-state index in [-0.39, 0.29) is 57.0 Å². The van der Waals surface area contributed by atoms with Crippen LogP contribution >= 0.6 is 11.6 Å². The highest BCUT2D eigenvalue weighted by Gasteiger charge is 2.66. The summed E-state index contributed by atoms with van der Waals surface area (Å²) in [7, 11) is 1.59. The number of aryl methyl sites for hydroxylation is 1. The Balaban J connectivity index is 1.50. The summed E-state index contributed by atoms with van der Waals surface area (Å²) in [5.41, 5.74) is -3.52. The number of anilines is 2. The summed E-state index contributed by atoms with van der Waals surface area (Å²) in [6.07, 6.45) is -5.44. The maximum atomic E-state index is 14.0. The number of aromatic nitrogens is 5. The van der Waals surface area contributed by atoms with Gasteiger partial charge in [-0.15, -0.1) is 5.10 Å². The van der Waals surface area contributed by atoms with Crippen molar-refractivity contribution in [2.24, 2.45) is 12.5 Å². The van der Waals surface area contributed by atoms with Crippen molar-refractivity contribution in [1.82, 2.24) is 24.5 Å². The molecule has 0 bridgehead atoms. The van der Waals surface area contributed by atoms with Crippen LogP contribution in [-0.4, -0.2) is 43.4 Å². The van der Waals surface area contributed by atoms with Crippen LogP contribution in [0.4, 0.5) is 37.7 Å². The van der Waals surface area contributed by atoms with Gasteiger partial charge in [-0.2, -0.15) is 31.6 Å². The molecule has 1 aliphatic rings. The minimum Gasteiger partial charge on any atom is -0.382 e. The van der Waals surface area contributed by atoms with Gasteiger partial charge in [-0.1, -0.05) is 28.9 Å². The van der Waals surface area contributed by atoms with E-state index in [9.17, 15) is 36.4 Å². The van der Waals surface area contributed by atoms with Crippen LogP contribution in [-0.2, 0) is 12.6 Å². The van der Waals surface area contributed by atoms with Gasteiger partial charge in [0.1, 0.15) is 11.8 Å². The van der Waals surface area contributed by atoms with E-state index in [1.54, 1.807) is 37.5 Å². The van der Waals surface area contributed by atoms with Crippen LogP contribution in [0.1, 0.15) is 49.6 Å². The van der Waals surface area contributed by atoms with E-state index < -0.39 is 35.9 Å². The molecule has 1 aliphatic carbocycles. The predicted molar refractivity (Wildman–Crippen MR) is 168 cm³/mol. The number of rotatable bonds is 8. The molecule has 2 aromatic carbocycles. The highest BCUT2D eigenvalue weighted by Crippen LogP contribution is 2.55. The van der Waals surface area contributed by atoms with Crippen LogP contribution in [0.15, 0.2) is 59.8 Å². The molecule has 5 aromatic rings. The summed E-state index contributed by atoms with van der Waals surface area (Å²) in [4.78, 5) is 17.2. The molecule has 2 N–H and O–H groups in total. The lowest BCUT2D eigenvalue weighted by Crippen LogP contribution is -2.38. The van der Waals surface area contributed by atoms with E-state index in [0.717, 1.165) is 18.5 Å². The predicted octanol–water partition coefficient (Wildman–Crippen LogP) is 7.46. The maximum absolute atomic E-state index is 14.0. The number of nitriles is 1. The number of alkyl halides is 6. The number of hydrogen-bond donors (Lipinski definition) is 2. The van der Waals surface area contributed by atoms with Crippen molar-refractivity contribution in [2.45, 2.75) is 50.6 Å². The van der Waals surface area contributed by atoms with Gasteiger partial charge in [0.2, 0.25) is 0 Å². The molecule has 0 spiro atoms. The molecule has 6 rings (SSSR count). The molecule has 1 fully saturated rings. The zero-order chi connectivity index (χ0) is 34.8. The topological polar surface area (TPSA) is 113 Å². The molecule has 0 saturated heterocycles. The molecule has 16 heteroatoms. The molecule has 0 aliphatic heterocycles. The molecule has 3 aromatic heterocycles. The number of nitrogens with zero attached hydrogens (tertiary/aromatic N) is 6. The Morgan fingerprint density at radius 1 is 1.08 bits per heavy atom. The summed E-state index contributed by atoms with van der Waals surface area (Å²) >= 11 is 6.63. The van der Waals surface area contributed by atoms with E-state index in [4.69, 9.17) is 11.6 Å². The highest BCUT2D eigenvalue weighted by molar-refractivity contribution is 6.35. The largest absolute Gasteiger partial charge is 0.413 e. The average Bonchev–Trinajstić information content (AvgIpc) is 3.71. The second-order valence-electron chi connectivity index (χ2n) is 12.5. The van der Waals surface area contributed by atoms with Crippen molar-refractivity contribution >= 4 is 44.7 Å². The normalized spacial score (nSPS) is 15.4.